The smallest absolute Gasteiger partial charge is 0.185 e. The van der Waals surface area contributed by atoms with Crippen LogP contribution in [-0.4, -0.2) is 26.1 Å². The van der Waals surface area contributed by atoms with Gasteiger partial charge >= 0.3 is 0 Å². The predicted molar refractivity (Wildman–Crippen MR) is 118 cm³/mol. The topological polar surface area (TPSA) is 44.8 Å². The van der Waals surface area contributed by atoms with E-state index in [4.69, 9.17) is 14.2 Å². The summed E-state index contributed by atoms with van der Waals surface area (Å²) in [4.78, 5) is 12.5. The van der Waals surface area contributed by atoms with Crippen LogP contribution in [0.15, 0.2) is 42.5 Å². The monoisotopic (exact) mass is 396 g/mol. The highest BCUT2D eigenvalue weighted by molar-refractivity contribution is 6.06. The van der Waals surface area contributed by atoms with Gasteiger partial charge in [0, 0.05) is 11.1 Å². The van der Waals surface area contributed by atoms with Gasteiger partial charge in [0.1, 0.15) is 17.2 Å². The van der Waals surface area contributed by atoms with Crippen LogP contribution in [0.4, 0.5) is 0 Å². The molecule has 4 heteroatoms. The second kappa shape index (κ2) is 11.9. The number of ether oxygens (including phenoxy) is 3. The lowest BCUT2D eigenvalue weighted by Gasteiger charge is -2.15. The van der Waals surface area contributed by atoms with Gasteiger partial charge in [-0.2, -0.15) is 0 Å². The molecule has 0 saturated heterocycles. The van der Waals surface area contributed by atoms with Crippen molar-refractivity contribution in [1.29, 1.82) is 0 Å². The maximum Gasteiger partial charge on any atom is 0.185 e. The highest BCUT2D eigenvalue weighted by Crippen LogP contribution is 2.31. The van der Waals surface area contributed by atoms with Crippen LogP contribution in [0.2, 0.25) is 0 Å². The molecule has 29 heavy (non-hydrogen) atoms. The normalized spacial score (nSPS) is 10.9. The minimum atomic E-state index is -0.0601. The number of methoxy groups -OCH3 is 1. The Balaban J connectivity index is 2.21. The third-order valence-electron chi connectivity index (χ3n) is 4.65. The van der Waals surface area contributed by atoms with Gasteiger partial charge in [-0.25, -0.2) is 0 Å². The number of hydrogen-bond donors (Lipinski definition) is 0. The molecule has 0 radical (unpaired) electrons. The molecule has 0 aliphatic rings. The standard InChI is InChI=1S/C25H32O4/c1-5-7-15-28-24-17-20(18-25(19(24)3)29-16-8-6-2)9-14-23(26)21-10-12-22(27-4)13-11-21/h9-14,17-18H,5-8,15-16H2,1-4H3. The fraction of sp³-hybridized carbons (Fsp3) is 0.400. The summed E-state index contributed by atoms with van der Waals surface area (Å²) in [5.41, 5.74) is 2.50. The number of ketones is 1. The van der Waals surface area contributed by atoms with Crippen molar-refractivity contribution >= 4 is 11.9 Å². The molecule has 0 N–H and O–H groups in total. The van der Waals surface area contributed by atoms with Crippen LogP contribution in [0.25, 0.3) is 6.08 Å². The van der Waals surface area contributed by atoms with Crippen molar-refractivity contribution in [2.24, 2.45) is 0 Å². The van der Waals surface area contributed by atoms with Gasteiger partial charge in [-0.1, -0.05) is 32.8 Å². The van der Waals surface area contributed by atoms with Crippen LogP contribution in [0.3, 0.4) is 0 Å². The van der Waals surface area contributed by atoms with Gasteiger partial charge in [0.15, 0.2) is 5.78 Å². The number of hydrogen-bond acceptors (Lipinski definition) is 4. The molecular weight excluding hydrogens is 364 g/mol. The zero-order valence-corrected chi connectivity index (χ0v) is 18.0. The molecule has 0 aliphatic carbocycles. The summed E-state index contributed by atoms with van der Waals surface area (Å²) in [6.45, 7) is 7.63. The van der Waals surface area contributed by atoms with E-state index < -0.39 is 0 Å². The van der Waals surface area contributed by atoms with Crippen molar-refractivity contribution in [3.8, 4) is 17.2 Å². The summed E-state index contributed by atoms with van der Waals surface area (Å²) < 4.78 is 17.1. The molecule has 0 unspecified atom stereocenters. The third-order valence-corrected chi connectivity index (χ3v) is 4.65. The second-order valence-corrected chi connectivity index (χ2v) is 6.97. The predicted octanol–water partition coefficient (Wildman–Crippen LogP) is 6.26. The van der Waals surface area contributed by atoms with E-state index in [1.165, 1.54) is 0 Å². The molecule has 0 heterocycles. The fourth-order valence-corrected chi connectivity index (χ4v) is 2.75. The lowest BCUT2D eigenvalue weighted by molar-refractivity contribution is 0.104. The van der Waals surface area contributed by atoms with Crippen molar-refractivity contribution in [2.45, 2.75) is 46.5 Å². The van der Waals surface area contributed by atoms with Crippen LogP contribution in [-0.2, 0) is 0 Å². The van der Waals surface area contributed by atoms with E-state index in [2.05, 4.69) is 13.8 Å². The third kappa shape index (κ3) is 6.97. The fourth-order valence-electron chi connectivity index (χ4n) is 2.75. The van der Waals surface area contributed by atoms with Crippen molar-refractivity contribution in [3.05, 3.63) is 59.2 Å². The van der Waals surface area contributed by atoms with Crippen LogP contribution in [0.1, 0.15) is 61.0 Å². The molecule has 2 rings (SSSR count). The lowest BCUT2D eigenvalue weighted by atomic mass is 10.1. The molecule has 0 spiro atoms. The van der Waals surface area contributed by atoms with E-state index in [-0.39, 0.29) is 5.78 Å². The summed E-state index contributed by atoms with van der Waals surface area (Å²) >= 11 is 0. The van der Waals surface area contributed by atoms with Gasteiger partial charge in [0.25, 0.3) is 0 Å². The number of rotatable bonds is 12. The Kier molecular flexibility index (Phi) is 9.29. The molecule has 0 atom stereocenters. The minimum absolute atomic E-state index is 0.0601. The molecule has 2 aromatic carbocycles. The molecular formula is C25H32O4. The summed E-state index contributed by atoms with van der Waals surface area (Å²) in [5.74, 6) is 2.29. The van der Waals surface area contributed by atoms with Gasteiger partial charge in [-0.05, 0) is 67.8 Å². The SMILES string of the molecule is CCCCOc1cc(C=CC(=O)c2ccc(OC)cc2)cc(OCCCC)c1C. The quantitative estimate of drug-likeness (QED) is 0.241. The minimum Gasteiger partial charge on any atom is -0.497 e. The Morgan fingerprint density at radius 3 is 1.97 bits per heavy atom. The zero-order chi connectivity index (χ0) is 21.1. The average molecular weight is 397 g/mol. The Bertz CT molecular complexity index is 775. The van der Waals surface area contributed by atoms with E-state index in [9.17, 15) is 4.79 Å². The number of carbonyl (C=O) groups is 1. The van der Waals surface area contributed by atoms with E-state index >= 15 is 0 Å². The zero-order valence-electron chi connectivity index (χ0n) is 18.0. The molecule has 4 nitrogen and oxygen atoms in total. The maximum absolute atomic E-state index is 12.5. The Morgan fingerprint density at radius 1 is 0.931 bits per heavy atom. The van der Waals surface area contributed by atoms with Gasteiger partial charge in [0.05, 0.1) is 20.3 Å². The van der Waals surface area contributed by atoms with Gasteiger partial charge in [-0.3, -0.25) is 4.79 Å². The molecule has 2 aromatic rings. The van der Waals surface area contributed by atoms with E-state index in [0.717, 1.165) is 54.1 Å². The lowest BCUT2D eigenvalue weighted by Crippen LogP contribution is -2.03. The number of allylic oxidation sites excluding steroid dienone is 1. The van der Waals surface area contributed by atoms with Crippen molar-refractivity contribution in [3.63, 3.8) is 0 Å². The Hall–Kier alpha value is -2.75. The molecule has 0 bridgehead atoms. The van der Waals surface area contributed by atoms with E-state index in [1.54, 1.807) is 37.5 Å². The van der Waals surface area contributed by atoms with Gasteiger partial charge < -0.3 is 14.2 Å². The first kappa shape index (κ1) is 22.5. The first-order chi connectivity index (χ1) is 14.1. The van der Waals surface area contributed by atoms with Crippen LogP contribution in [0.5, 0.6) is 17.2 Å². The average Bonchev–Trinajstić information content (AvgIpc) is 2.75. The summed E-state index contributed by atoms with van der Waals surface area (Å²) in [5, 5.41) is 0. The number of carbonyl (C=O) groups excluding carboxylic acids is 1. The Morgan fingerprint density at radius 2 is 1.48 bits per heavy atom. The highest BCUT2D eigenvalue weighted by Gasteiger charge is 2.10. The van der Waals surface area contributed by atoms with Crippen LogP contribution in [0, 0.1) is 6.92 Å². The summed E-state index contributed by atoms with van der Waals surface area (Å²) in [6, 6.07) is 11.0. The molecule has 156 valence electrons. The van der Waals surface area contributed by atoms with Crippen LogP contribution < -0.4 is 14.2 Å². The van der Waals surface area contributed by atoms with Gasteiger partial charge in [-0.15, -0.1) is 0 Å². The van der Waals surface area contributed by atoms with Crippen molar-refractivity contribution in [2.75, 3.05) is 20.3 Å². The summed E-state index contributed by atoms with van der Waals surface area (Å²) in [7, 11) is 1.61. The molecule has 0 amide bonds. The van der Waals surface area contributed by atoms with Crippen molar-refractivity contribution in [1.82, 2.24) is 0 Å². The number of benzene rings is 2. The first-order valence-corrected chi connectivity index (χ1v) is 10.4. The highest BCUT2D eigenvalue weighted by atomic mass is 16.5. The molecule has 0 aromatic heterocycles. The van der Waals surface area contributed by atoms with E-state index in [0.29, 0.717) is 18.8 Å². The molecule has 0 aliphatic heterocycles. The van der Waals surface area contributed by atoms with Crippen LogP contribution >= 0.6 is 0 Å². The maximum atomic E-state index is 12.5. The van der Waals surface area contributed by atoms with Gasteiger partial charge in [0.2, 0.25) is 0 Å². The number of unbranched alkanes of at least 4 members (excludes halogenated alkanes) is 2. The second-order valence-electron chi connectivity index (χ2n) is 6.97. The Labute approximate surface area is 174 Å². The largest absolute Gasteiger partial charge is 0.497 e. The summed E-state index contributed by atoms with van der Waals surface area (Å²) in [6.07, 6.45) is 7.55. The first-order valence-electron chi connectivity index (χ1n) is 10.4. The van der Waals surface area contributed by atoms with E-state index in [1.807, 2.05) is 25.1 Å². The van der Waals surface area contributed by atoms with Crippen molar-refractivity contribution < 1.29 is 19.0 Å². The molecule has 0 fully saturated rings. The molecule has 0 saturated carbocycles.